The van der Waals surface area contributed by atoms with Crippen molar-refractivity contribution in [3.8, 4) is 5.69 Å². The van der Waals surface area contributed by atoms with Crippen LogP contribution in [0.1, 0.15) is 28.7 Å². The number of ketones is 1. The Hall–Kier alpha value is -2.40. The van der Waals surface area contributed by atoms with E-state index in [1.807, 2.05) is 66.1 Å². The molecule has 0 saturated carbocycles. The van der Waals surface area contributed by atoms with Crippen LogP contribution in [-0.2, 0) is 6.42 Å². The average Bonchev–Trinajstić information content (AvgIpc) is 3.04. The minimum absolute atomic E-state index is 0.0978. The van der Waals surface area contributed by atoms with Gasteiger partial charge in [-0.2, -0.15) is 0 Å². The Morgan fingerprint density at radius 1 is 1.04 bits per heavy atom. The van der Waals surface area contributed by atoms with Crippen molar-refractivity contribution >= 4 is 17.5 Å². The molecule has 0 atom stereocenters. The molecule has 4 nitrogen and oxygen atoms in total. The molecule has 0 radical (unpaired) electrons. The highest BCUT2D eigenvalue weighted by Crippen LogP contribution is 2.23. The lowest BCUT2D eigenvalue weighted by atomic mass is 10.1. The summed E-state index contributed by atoms with van der Waals surface area (Å²) >= 11 is 1.43. The van der Waals surface area contributed by atoms with Gasteiger partial charge in [0.15, 0.2) is 10.9 Å². The summed E-state index contributed by atoms with van der Waals surface area (Å²) in [5, 5.41) is 9.27. The summed E-state index contributed by atoms with van der Waals surface area (Å²) < 4.78 is 2.02. The Balaban J connectivity index is 1.79. The van der Waals surface area contributed by atoms with E-state index in [0.717, 1.165) is 34.2 Å². The summed E-state index contributed by atoms with van der Waals surface area (Å²) in [6.07, 6.45) is 0.786. The molecule has 2 aromatic carbocycles. The van der Waals surface area contributed by atoms with Crippen LogP contribution < -0.4 is 0 Å². The fourth-order valence-electron chi connectivity index (χ4n) is 2.41. The minimum Gasteiger partial charge on any atom is -0.293 e. The molecule has 0 aliphatic rings. The van der Waals surface area contributed by atoms with E-state index in [9.17, 15) is 4.79 Å². The topological polar surface area (TPSA) is 47.8 Å². The monoisotopic (exact) mass is 337 g/mol. The van der Waals surface area contributed by atoms with Crippen LogP contribution in [0.25, 0.3) is 5.69 Å². The van der Waals surface area contributed by atoms with E-state index in [1.165, 1.54) is 11.8 Å². The summed E-state index contributed by atoms with van der Waals surface area (Å²) in [5.74, 6) is 1.34. The van der Waals surface area contributed by atoms with E-state index < -0.39 is 0 Å². The van der Waals surface area contributed by atoms with Crippen LogP contribution >= 0.6 is 11.8 Å². The number of Topliss-reactive ketones (excluding diaryl/α,β-unsaturated/α-hetero) is 1. The maximum Gasteiger partial charge on any atom is 0.196 e. The molecule has 0 saturated heterocycles. The molecule has 122 valence electrons. The fourth-order valence-corrected chi connectivity index (χ4v) is 3.28. The second kappa shape index (κ2) is 7.45. The Labute approximate surface area is 145 Å². The van der Waals surface area contributed by atoms with Crippen LogP contribution in [-0.4, -0.2) is 26.3 Å². The maximum atomic E-state index is 12.4. The Bertz CT molecular complexity index is 826. The van der Waals surface area contributed by atoms with Gasteiger partial charge in [0.1, 0.15) is 5.82 Å². The van der Waals surface area contributed by atoms with Crippen LogP contribution in [0.5, 0.6) is 0 Å². The summed E-state index contributed by atoms with van der Waals surface area (Å²) in [4.78, 5) is 12.4. The zero-order valence-corrected chi connectivity index (χ0v) is 14.6. The third-order valence-corrected chi connectivity index (χ3v) is 4.67. The number of aromatic nitrogens is 3. The second-order valence-corrected chi connectivity index (χ2v) is 6.44. The third kappa shape index (κ3) is 3.57. The zero-order chi connectivity index (χ0) is 16.9. The number of benzene rings is 2. The predicted molar refractivity (Wildman–Crippen MR) is 97.0 cm³/mol. The van der Waals surface area contributed by atoms with Crippen LogP contribution in [0.2, 0.25) is 0 Å². The van der Waals surface area contributed by atoms with Gasteiger partial charge in [0.05, 0.1) is 5.75 Å². The highest BCUT2D eigenvalue weighted by molar-refractivity contribution is 7.99. The van der Waals surface area contributed by atoms with E-state index in [0.29, 0.717) is 5.75 Å². The van der Waals surface area contributed by atoms with Crippen LogP contribution in [0.4, 0.5) is 0 Å². The Morgan fingerprint density at radius 2 is 1.75 bits per heavy atom. The lowest BCUT2D eigenvalue weighted by Gasteiger charge is -2.09. The number of thioether (sulfide) groups is 1. The van der Waals surface area contributed by atoms with Gasteiger partial charge < -0.3 is 0 Å². The van der Waals surface area contributed by atoms with E-state index in [-0.39, 0.29) is 5.78 Å². The van der Waals surface area contributed by atoms with E-state index in [2.05, 4.69) is 17.1 Å². The van der Waals surface area contributed by atoms with E-state index in [1.54, 1.807) is 0 Å². The van der Waals surface area contributed by atoms with Crippen molar-refractivity contribution in [2.24, 2.45) is 0 Å². The quantitative estimate of drug-likeness (QED) is 0.501. The van der Waals surface area contributed by atoms with Gasteiger partial charge in [-0.1, -0.05) is 66.7 Å². The van der Waals surface area contributed by atoms with Gasteiger partial charge in [-0.05, 0) is 19.1 Å². The standard InChI is InChI=1S/C19H19N3OS/c1-3-18-20-21-19(22(18)16-7-5-4-6-8-16)24-13-17(23)15-11-9-14(2)10-12-15/h4-12H,3,13H2,1-2H3. The lowest BCUT2D eigenvalue weighted by Crippen LogP contribution is -2.05. The lowest BCUT2D eigenvalue weighted by molar-refractivity contribution is 0.102. The van der Waals surface area contributed by atoms with Crippen LogP contribution in [0.3, 0.4) is 0 Å². The molecule has 0 unspecified atom stereocenters. The number of hydrogen-bond acceptors (Lipinski definition) is 4. The van der Waals surface area contributed by atoms with Crippen LogP contribution in [0.15, 0.2) is 59.8 Å². The molecule has 1 heterocycles. The molecule has 3 rings (SSSR count). The van der Waals surface area contributed by atoms with Gasteiger partial charge in [0, 0.05) is 17.7 Å². The molecule has 0 N–H and O–H groups in total. The first-order chi connectivity index (χ1) is 11.7. The number of carbonyl (C=O) groups is 1. The van der Waals surface area contributed by atoms with Gasteiger partial charge in [-0.15, -0.1) is 10.2 Å². The van der Waals surface area contributed by atoms with Gasteiger partial charge in [0.25, 0.3) is 0 Å². The fraction of sp³-hybridized carbons (Fsp3) is 0.211. The molecular formula is C19H19N3OS. The number of rotatable bonds is 6. The summed E-state index contributed by atoms with van der Waals surface area (Å²) in [5.41, 5.74) is 2.90. The van der Waals surface area contributed by atoms with Crippen molar-refractivity contribution in [1.29, 1.82) is 0 Å². The van der Waals surface area contributed by atoms with Gasteiger partial charge in [-0.3, -0.25) is 9.36 Å². The highest BCUT2D eigenvalue weighted by atomic mass is 32.2. The molecule has 0 spiro atoms. The average molecular weight is 337 g/mol. The Morgan fingerprint density at radius 3 is 2.42 bits per heavy atom. The number of carbonyl (C=O) groups excluding carboxylic acids is 1. The molecule has 5 heteroatoms. The zero-order valence-electron chi connectivity index (χ0n) is 13.8. The number of para-hydroxylation sites is 1. The maximum absolute atomic E-state index is 12.4. The first-order valence-electron chi connectivity index (χ1n) is 7.91. The molecule has 0 amide bonds. The van der Waals surface area contributed by atoms with Crippen molar-refractivity contribution < 1.29 is 4.79 Å². The molecule has 1 aromatic heterocycles. The van der Waals surface area contributed by atoms with E-state index >= 15 is 0 Å². The first-order valence-corrected chi connectivity index (χ1v) is 8.90. The minimum atomic E-state index is 0.0978. The van der Waals surface area contributed by atoms with Crippen molar-refractivity contribution in [3.05, 3.63) is 71.5 Å². The van der Waals surface area contributed by atoms with Crippen molar-refractivity contribution in [2.45, 2.75) is 25.4 Å². The molecule has 24 heavy (non-hydrogen) atoms. The number of hydrogen-bond donors (Lipinski definition) is 0. The van der Waals surface area contributed by atoms with Crippen molar-refractivity contribution in [1.82, 2.24) is 14.8 Å². The normalized spacial score (nSPS) is 10.8. The summed E-state index contributed by atoms with van der Waals surface area (Å²) in [6, 6.07) is 17.7. The highest BCUT2D eigenvalue weighted by Gasteiger charge is 2.15. The molecule has 0 aliphatic carbocycles. The summed E-state index contributed by atoms with van der Waals surface area (Å²) in [6.45, 7) is 4.06. The van der Waals surface area contributed by atoms with Crippen molar-refractivity contribution in [2.75, 3.05) is 5.75 Å². The third-order valence-electron chi connectivity index (χ3n) is 3.74. The molecule has 3 aromatic rings. The Kier molecular flexibility index (Phi) is 5.11. The largest absolute Gasteiger partial charge is 0.293 e. The number of aryl methyl sites for hydroxylation is 2. The van der Waals surface area contributed by atoms with Crippen LogP contribution in [0, 0.1) is 6.92 Å². The summed E-state index contributed by atoms with van der Waals surface area (Å²) in [7, 11) is 0. The smallest absolute Gasteiger partial charge is 0.196 e. The van der Waals surface area contributed by atoms with Crippen molar-refractivity contribution in [3.63, 3.8) is 0 Å². The molecule has 0 fully saturated rings. The first kappa shape index (κ1) is 16.5. The molecule has 0 aliphatic heterocycles. The predicted octanol–water partition coefficient (Wildman–Crippen LogP) is 4.11. The molecular weight excluding hydrogens is 318 g/mol. The van der Waals surface area contributed by atoms with E-state index in [4.69, 9.17) is 0 Å². The second-order valence-electron chi connectivity index (χ2n) is 5.50. The number of nitrogens with zero attached hydrogens (tertiary/aromatic N) is 3. The molecule has 0 bridgehead atoms. The van der Waals surface area contributed by atoms with Gasteiger partial charge >= 0.3 is 0 Å². The van der Waals surface area contributed by atoms with Gasteiger partial charge in [-0.25, -0.2) is 0 Å². The SMILES string of the molecule is CCc1nnc(SCC(=O)c2ccc(C)cc2)n1-c1ccccc1. The van der Waals surface area contributed by atoms with Gasteiger partial charge in [0.2, 0.25) is 0 Å².